The highest BCUT2D eigenvalue weighted by Crippen LogP contribution is 2.20. The van der Waals surface area contributed by atoms with Crippen LogP contribution in [0.2, 0.25) is 0 Å². The number of pyridine rings is 1. The average molecular weight is 405 g/mol. The lowest BCUT2D eigenvalue weighted by Crippen LogP contribution is -2.35. The number of piperidine rings is 1. The fourth-order valence-corrected chi connectivity index (χ4v) is 4.45. The van der Waals surface area contributed by atoms with Crippen molar-refractivity contribution in [1.82, 2.24) is 9.29 Å². The summed E-state index contributed by atoms with van der Waals surface area (Å²) in [5.41, 5.74) is 0.829. The van der Waals surface area contributed by atoms with Crippen molar-refractivity contribution in [3.8, 4) is 0 Å². The molecule has 1 fully saturated rings. The van der Waals surface area contributed by atoms with Crippen LogP contribution in [-0.2, 0) is 10.0 Å². The van der Waals surface area contributed by atoms with Gasteiger partial charge >= 0.3 is 0 Å². The predicted octanol–water partition coefficient (Wildman–Crippen LogP) is 2.69. The van der Waals surface area contributed by atoms with E-state index in [2.05, 4.69) is 15.6 Å². The van der Waals surface area contributed by atoms with Gasteiger partial charge in [-0.05, 0) is 37.1 Å². The van der Waals surface area contributed by atoms with E-state index in [1.165, 1.54) is 22.6 Å². The second-order valence-electron chi connectivity index (χ2n) is 6.50. The molecule has 2 heterocycles. The first-order valence-corrected chi connectivity index (χ1v) is 10.6. The third kappa shape index (κ3) is 4.96. The zero-order valence-electron chi connectivity index (χ0n) is 15.4. The maximum absolute atomic E-state index is 12.6. The van der Waals surface area contributed by atoms with Crippen LogP contribution in [0.4, 0.5) is 17.2 Å². The average Bonchev–Trinajstić information content (AvgIpc) is 2.72. The van der Waals surface area contributed by atoms with E-state index in [9.17, 15) is 18.5 Å². The molecule has 9 nitrogen and oxygen atoms in total. The molecule has 2 aromatic rings. The first-order chi connectivity index (χ1) is 13.5. The smallest absolute Gasteiger partial charge is 0.269 e. The quantitative estimate of drug-likeness (QED) is 0.394. The molecule has 0 atom stereocenters. The SMILES string of the molecule is O=[N+]([O-])c1ccc(NCCNc2ccc(S(=O)(=O)N3CCCCC3)cn2)cc1. The standard InChI is InChI=1S/C18H23N5O4S/c24-23(25)16-6-4-15(5-7-16)19-10-11-20-18-9-8-17(14-21-18)28(26,27)22-12-2-1-3-13-22/h4-9,14,19H,1-3,10-13H2,(H,20,21). The number of nitrogens with zero attached hydrogens (tertiary/aromatic N) is 3. The number of nitro groups is 1. The van der Waals surface area contributed by atoms with Crippen LogP contribution < -0.4 is 10.6 Å². The topological polar surface area (TPSA) is 117 Å². The van der Waals surface area contributed by atoms with Gasteiger partial charge in [0, 0.05) is 50.2 Å². The molecule has 0 unspecified atom stereocenters. The molecule has 1 aromatic heterocycles. The van der Waals surface area contributed by atoms with Gasteiger partial charge < -0.3 is 10.6 Å². The van der Waals surface area contributed by atoms with Crippen molar-refractivity contribution < 1.29 is 13.3 Å². The van der Waals surface area contributed by atoms with Crippen molar-refractivity contribution in [2.45, 2.75) is 24.2 Å². The summed E-state index contributed by atoms with van der Waals surface area (Å²) in [4.78, 5) is 14.6. The van der Waals surface area contributed by atoms with Crippen molar-refractivity contribution in [3.63, 3.8) is 0 Å². The molecule has 28 heavy (non-hydrogen) atoms. The predicted molar refractivity (Wildman–Crippen MR) is 107 cm³/mol. The number of nitro benzene ring substituents is 1. The Bertz CT molecular complexity index is 895. The number of aromatic nitrogens is 1. The van der Waals surface area contributed by atoms with E-state index in [0.29, 0.717) is 32.0 Å². The summed E-state index contributed by atoms with van der Waals surface area (Å²) in [6, 6.07) is 9.41. The highest BCUT2D eigenvalue weighted by molar-refractivity contribution is 7.89. The maximum atomic E-state index is 12.6. The van der Waals surface area contributed by atoms with Crippen molar-refractivity contribution in [1.29, 1.82) is 0 Å². The zero-order chi connectivity index (χ0) is 20.0. The summed E-state index contributed by atoms with van der Waals surface area (Å²) in [5.74, 6) is 0.586. The highest BCUT2D eigenvalue weighted by atomic mass is 32.2. The lowest BCUT2D eigenvalue weighted by Gasteiger charge is -2.25. The van der Waals surface area contributed by atoms with Crippen molar-refractivity contribution >= 4 is 27.2 Å². The molecule has 0 amide bonds. The van der Waals surface area contributed by atoms with Gasteiger partial charge in [-0.3, -0.25) is 10.1 Å². The summed E-state index contributed by atoms with van der Waals surface area (Å²) in [7, 11) is -3.47. The van der Waals surface area contributed by atoms with Crippen molar-refractivity contribution in [2.24, 2.45) is 0 Å². The van der Waals surface area contributed by atoms with E-state index in [4.69, 9.17) is 0 Å². The normalized spacial score (nSPS) is 15.1. The number of benzene rings is 1. The van der Waals surface area contributed by atoms with Gasteiger partial charge in [-0.2, -0.15) is 4.31 Å². The Hall–Kier alpha value is -2.72. The summed E-state index contributed by atoms with van der Waals surface area (Å²) < 4.78 is 26.7. The number of rotatable bonds is 8. The van der Waals surface area contributed by atoms with Crippen molar-refractivity contribution in [3.05, 3.63) is 52.7 Å². The number of anilines is 2. The molecule has 0 bridgehead atoms. The third-order valence-electron chi connectivity index (χ3n) is 4.53. The fraction of sp³-hybridized carbons (Fsp3) is 0.389. The van der Waals surface area contributed by atoms with Gasteiger partial charge in [0.25, 0.3) is 5.69 Å². The summed E-state index contributed by atoms with van der Waals surface area (Å²) in [6.07, 6.45) is 4.25. The molecular weight excluding hydrogens is 382 g/mol. The van der Waals surface area contributed by atoms with Crippen molar-refractivity contribution in [2.75, 3.05) is 36.8 Å². The molecule has 10 heteroatoms. The minimum absolute atomic E-state index is 0.0486. The summed E-state index contributed by atoms with van der Waals surface area (Å²) in [6.45, 7) is 2.27. The van der Waals surface area contributed by atoms with Gasteiger partial charge in [0.1, 0.15) is 10.7 Å². The van der Waals surface area contributed by atoms with E-state index in [1.807, 2.05) is 0 Å². The lowest BCUT2D eigenvalue weighted by atomic mass is 10.2. The highest BCUT2D eigenvalue weighted by Gasteiger charge is 2.26. The fourth-order valence-electron chi connectivity index (χ4n) is 2.99. The second-order valence-corrected chi connectivity index (χ2v) is 8.44. The van der Waals surface area contributed by atoms with E-state index < -0.39 is 14.9 Å². The Morgan fingerprint density at radius 3 is 2.29 bits per heavy atom. The zero-order valence-corrected chi connectivity index (χ0v) is 16.2. The van der Waals surface area contributed by atoms with Crippen LogP contribution in [0.3, 0.4) is 0 Å². The minimum atomic E-state index is -3.47. The van der Waals surface area contributed by atoms with Crippen LogP contribution >= 0.6 is 0 Å². The lowest BCUT2D eigenvalue weighted by molar-refractivity contribution is -0.384. The molecule has 1 aliphatic heterocycles. The molecule has 0 saturated carbocycles. The monoisotopic (exact) mass is 405 g/mol. The first kappa shape index (κ1) is 20.0. The Morgan fingerprint density at radius 1 is 1.00 bits per heavy atom. The van der Waals surface area contributed by atoms with Crippen LogP contribution in [0.1, 0.15) is 19.3 Å². The van der Waals surface area contributed by atoms with Gasteiger partial charge in [0.05, 0.1) is 4.92 Å². The van der Waals surface area contributed by atoms with Crippen LogP contribution in [0.5, 0.6) is 0 Å². The van der Waals surface area contributed by atoms with E-state index in [1.54, 1.807) is 24.3 Å². The van der Waals surface area contributed by atoms with Crippen LogP contribution in [-0.4, -0.2) is 48.8 Å². The first-order valence-electron chi connectivity index (χ1n) is 9.15. The van der Waals surface area contributed by atoms with E-state index >= 15 is 0 Å². The van der Waals surface area contributed by atoms with Crippen LogP contribution in [0.25, 0.3) is 0 Å². The Balaban J connectivity index is 1.48. The van der Waals surface area contributed by atoms with Gasteiger partial charge in [-0.25, -0.2) is 13.4 Å². The molecule has 1 saturated heterocycles. The van der Waals surface area contributed by atoms with E-state index in [-0.39, 0.29) is 10.6 Å². The molecule has 0 radical (unpaired) electrons. The molecule has 1 aromatic carbocycles. The Labute approximate surface area is 164 Å². The van der Waals surface area contributed by atoms with Crippen LogP contribution in [0.15, 0.2) is 47.5 Å². The van der Waals surface area contributed by atoms with Gasteiger partial charge in [0.2, 0.25) is 10.0 Å². The Kier molecular flexibility index (Phi) is 6.42. The Morgan fingerprint density at radius 2 is 1.68 bits per heavy atom. The molecular formula is C18H23N5O4S. The largest absolute Gasteiger partial charge is 0.383 e. The molecule has 0 aliphatic carbocycles. The summed E-state index contributed by atoms with van der Waals surface area (Å²) in [5, 5.41) is 16.9. The number of sulfonamides is 1. The number of hydrogen-bond acceptors (Lipinski definition) is 7. The maximum Gasteiger partial charge on any atom is 0.269 e. The van der Waals surface area contributed by atoms with Gasteiger partial charge in [-0.1, -0.05) is 6.42 Å². The third-order valence-corrected chi connectivity index (χ3v) is 6.41. The molecule has 150 valence electrons. The summed E-state index contributed by atoms with van der Waals surface area (Å²) >= 11 is 0. The number of non-ortho nitro benzene ring substituents is 1. The number of nitrogens with one attached hydrogen (secondary N) is 2. The molecule has 1 aliphatic rings. The second kappa shape index (κ2) is 8.98. The molecule has 2 N–H and O–H groups in total. The van der Waals surface area contributed by atoms with E-state index in [0.717, 1.165) is 24.9 Å². The minimum Gasteiger partial charge on any atom is -0.383 e. The van der Waals surface area contributed by atoms with Crippen LogP contribution in [0, 0.1) is 10.1 Å². The molecule has 3 rings (SSSR count). The van der Waals surface area contributed by atoms with Gasteiger partial charge in [0.15, 0.2) is 0 Å². The molecule has 0 spiro atoms. The number of hydrogen-bond donors (Lipinski definition) is 2. The van der Waals surface area contributed by atoms with Gasteiger partial charge in [-0.15, -0.1) is 0 Å².